The lowest BCUT2D eigenvalue weighted by molar-refractivity contribution is 0.0483. The average molecular weight is 237 g/mol. The van der Waals surface area contributed by atoms with Crippen LogP contribution in [0.3, 0.4) is 0 Å². The fraction of sp³-hybridized carbons (Fsp3) is 0.769. The third-order valence-electron chi connectivity index (χ3n) is 3.14. The van der Waals surface area contributed by atoms with Crippen molar-refractivity contribution in [3.8, 4) is 0 Å². The summed E-state index contributed by atoms with van der Waals surface area (Å²) in [5.41, 5.74) is 1.13. The quantitative estimate of drug-likeness (QED) is 0.767. The summed E-state index contributed by atoms with van der Waals surface area (Å²) < 4.78 is 7.69. The maximum absolute atomic E-state index is 5.49. The van der Waals surface area contributed by atoms with E-state index in [0.717, 1.165) is 38.5 Å². The van der Waals surface area contributed by atoms with Gasteiger partial charge in [0.15, 0.2) is 0 Å². The molecule has 1 unspecified atom stereocenters. The molecule has 2 heterocycles. The van der Waals surface area contributed by atoms with E-state index in [1.807, 2.05) is 6.33 Å². The summed E-state index contributed by atoms with van der Waals surface area (Å²) in [4.78, 5) is 4.41. The Hall–Kier alpha value is -0.870. The maximum atomic E-state index is 5.49. The topological polar surface area (TPSA) is 39.1 Å². The molecule has 0 aromatic carbocycles. The molecule has 1 aliphatic rings. The Labute approximate surface area is 103 Å². The molecule has 96 valence electrons. The number of nitrogens with one attached hydrogen (secondary N) is 1. The van der Waals surface area contributed by atoms with Crippen LogP contribution in [0.15, 0.2) is 12.5 Å². The van der Waals surface area contributed by atoms with E-state index < -0.39 is 0 Å². The van der Waals surface area contributed by atoms with Crippen LogP contribution >= 0.6 is 0 Å². The van der Waals surface area contributed by atoms with Gasteiger partial charge in [0.2, 0.25) is 0 Å². The van der Waals surface area contributed by atoms with Crippen LogP contribution in [-0.4, -0.2) is 29.3 Å². The van der Waals surface area contributed by atoms with Crippen LogP contribution in [-0.2, 0) is 17.8 Å². The van der Waals surface area contributed by atoms with Crippen LogP contribution in [0, 0.1) is 5.92 Å². The molecule has 1 atom stereocenters. The molecule has 0 bridgehead atoms. The van der Waals surface area contributed by atoms with Crippen LogP contribution in [0.25, 0.3) is 0 Å². The van der Waals surface area contributed by atoms with Gasteiger partial charge in [-0.05, 0) is 25.8 Å². The van der Waals surface area contributed by atoms with Crippen molar-refractivity contribution in [3.63, 3.8) is 0 Å². The Morgan fingerprint density at radius 3 is 3.29 bits per heavy atom. The van der Waals surface area contributed by atoms with Crippen molar-refractivity contribution >= 4 is 0 Å². The minimum Gasteiger partial charge on any atom is -0.381 e. The molecule has 1 aromatic rings. The zero-order valence-corrected chi connectivity index (χ0v) is 10.7. The van der Waals surface area contributed by atoms with E-state index in [4.69, 9.17) is 4.74 Å². The number of aromatic nitrogens is 2. The number of nitrogens with zero attached hydrogens (tertiary/aromatic N) is 2. The Bertz CT molecular complexity index is 318. The van der Waals surface area contributed by atoms with Crippen LogP contribution in [0.1, 0.15) is 31.9 Å². The third-order valence-corrected chi connectivity index (χ3v) is 3.14. The SMILES string of the molecule is CCCNCc1cn(CC2CCCOC2)cn1. The molecule has 0 aliphatic carbocycles. The highest BCUT2D eigenvalue weighted by atomic mass is 16.5. The lowest BCUT2D eigenvalue weighted by Gasteiger charge is -2.22. The summed E-state index contributed by atoms with van der Waals surface area (Å²) >= 11 is 0. The van der Waals surface area contributed by atoms with Gasteiger partial charge >= 0.3 is 0 Å². The molecule has 1 fully saturated rings. The minimum atomic E-state index is 0.661. The van der Waals surface area contributed by atoms with Gasteiger partial charge in [0, 0.05) is 31.8 Å². The van der Waals surface area contributed by atoms with Crippen molar-refractivity contribution in [2.24, 2.45) is 5.92 Å². The molecule has 2 rings (SSSR count). The van der Waals surface area contributed by atoms with Crippen molar-refractivity contribution in [3.05, 3.63) is 18.2 Å². The van der Waals surface area contributed by atoms with Gasteiger partial charge in [0.25, 0.3) is 0 Å². The molecular weight excluding hydrogens is 214 g/mol. The Morgan fingerprint density at radius 2 is 2.53 bits per heavy atom. The molecule has 1 saturated heterocycles. The maximum Gasteiger partial charge on any atom is 0.0950 e. The molecule has 1 N–H and O–H groups in total. The Balaban J connectivity index is 1.76. The molecular formula is C13H23N3O. The van der Waals surface area contributed by atoms with Crippen molar-refractivity contribution in [1.29, 1.82) is 0 Å². The Morgan fingerprint density at radius 1 is 1.59 bits per heavy atom. The lowest BCUT2D eigenvalue weighted by Crippen LogP contribution is -2.21. The number of hydrogen-bond acceptors (Lipinski definition) is 3. The summed E-state index contributed by atoms with van der Waals surface area (Å²) in [5.74, 6) is 0.661. The highest BCUT2D eigenvalue weighted by Gasteiger charge is 2.14. The van der Waals surface area contributed by atoms with Gasteiger partial charge in [-0.2, -0.15) is 0 Å². The lowest BCUT2D eigenvalue weighted by atomic mass is 10.0. The van der Waals surface area contributed by atoms with Crippen molar-refractivity contribution in [2.75, 3.05) is 19.8 Å². The molecule has 0 amide bonds. The first-order chi connectivity index (χ1) is 8.38. The van der Waals surface area contributed by atoms with Gasteiger partial charge < -0.3 is 14.6 Å². The Kier molecular flexibility index (Phi) is 5.01. The summed E-state index contributed by atoms with van der Waals surface area (Å²) in [6.45, 7) is 7.00. The van der Waals surface area contributed by atoms with Gasteiger partial charge in [-0.15, -0.1) is 0 Å². The second-order valence-electron chi connectivity index (χ2n) is 4.82. The molecule has 0 spiro atoms. The molecule has 4 nitrogen and oxygen atoms in total. The van der Waals surface area contributed by atoms with E-state index in [0.29, 0.717) is 5.92 Å². The minimum absolute atomic E-state index is 0.661. The van der Waals surface area contributed by atoms with Gasteiger partial charge in [-0.1, -0.05) is 6.92 Å². The van der Waals surface area contributed by atoms with Gasteiger partial charge in [0.05, 0.1) is 18.6 Å². The van der Waals surface area contributed by atoms with Gasteiger partial charge in [0.1, 0.15) is 0 Å². The van der Waals surface area contributed by atoms with Crippen molar-refractivity contribution in [2.45, 2.75) is 39.3 Å². The second-order valence-corrected chi connectivity index (χ2v) is 4.82. The van der Waals surface area contributed by atoms with Crippen LogP contribution in [0.5, 0.6) is 0 Å². The third kappa shape index (κ3) is 4.13. The first-order valence-electron chi connectivity index (χ1n) is 6.67. The summed E-state index contributed by atoms with van der Waals surface area (Å²) in [6, 6.07) is 0. The van der Waals surface area contributed by atoms with E-state index in [9.17, 15) is 0 Å². The molecule has 0 saturated carbocycles. The van der Waals surface area contributed by atoms with Crippen LogP contribution in [0.2, 0.25) is 0 Å². The largest absolute Gasteiger partial charge is 0.381 e. The predicted octanol–water partition coefficient (Wildman–Crippen LogP) is 1.81. The highest BCUT2D eigenvalue weighted by Crippen LogP contribution is 2.15. The number of hydrogen-bond donors (Lipinski definition) is 1. The molecule has 17 heavy (non-hydrogen) atoms. The molecule has 4 heteroatoms. The van der Waals surface area contributed by atoms with Crippen LogP contribution < -0.4 is 5.32 Å². The standard InChI is InChI=1S/C13H23N3O/c1-2-5-14-7-13-9-16(11-15-13)8-12-4-3-6-17-10-12/h9,11-12,14H,2-8,10H2,1H3. The number of rotatable bonds is 6. The van der Waals surface area contributed by atoms with Gasteiger partial charge in [-0.3, -0.25) is 0 Å². The highest BCUT2D eigenvalue weighted by molar-refractivity contribution is 4.96. The van der Waals surface area contributed by atoms with E-state index in [1.54, 1.807) is 0 Å². The van der Waals surface area contributed by atoms with E-state index in [1.165, 1.54) is 19.3 Å². The summed E-state index contributed by atoms with van der Waals surface area (Å²) in [5, 5.41) is 3.37. The fourth-order valence-electron chi connectivity index (χ4n) is 2.24. The van der Waals surface area contributed by atoms with E-state index in [2.05, 4.69) is 28.0 Å². The number of ether oxygens (including phenoxy) is 1. The average Bonchev–Trinajstić information content (AvgIpc) is 2.79. The molecule has 1 aromatic heterocycles. The summed E-state index contributed by atoms with van der Waals surface area (Å²) in [7, 11) is 0. The van der Waals surface area contributed by atoms with Crippen molar-refractivity contribution < 1.29 is 4.74 Å². The smallest absolute Gasteiger partial charge is 0.0950 e. The van der Waals surface area contributed by atoms with E-state index in [-0.39, 0.29) is 0 Å². The first kappa shape index (κ1) is 12.6. The number of imidazole rings is 1. The molecule has 1 aliphatic heterocycles. The second kappa shape index (κ2) is 6.77. The van der Waals surface area contributed by atoms with Gasteiger partial charge in [-0.25, -0.2) is 4.98 Å². The summed E-state index contributed by atoms with van der Waals surface area (Å²) in [6.07, 6.45) is 7.74. The predicted molar refractivity (Wildman–Crippen MR) is 67.8 cm³/mol. The van der Waals surface area contributed by atoms with Crippen LogP contribution in [0.4, 0.5) is 0 Å². The fourth-order valence-corrected chi connectivity index (χ4v) is 2.24. The molecule has 0 radical (unpaired) electrons. The normalized spacial score (nSPS) is 20.6. The van der Waals surface area contributed by atoms with E-state index >= 15 is 0 Å². The zero-order valence-electron chi connectivity index (χ0n) is 10.7. The first-order valence-corrected chi connectivity index (χ1v) is 6.67. The van der Waals surface area contributed by atoms with Crippen molar-refractivity contribution in [1.82, 2.24) is 14.9 Å². The zero-order chi connectivity index (χ0) is 11.9. The monoisotopic (exact) mass is 237 g/mol.